The minimum absolute atomic E-state index is 0.0353. The molecule has 0 radical (unpaired) electrons. The van der Waals surface area contributed by atoms with Crippen LogP contribution in [-0.4, -0.2) is 17.5 Å². The molecule has 3 rings (SSSR count). The number of hydrogen-bond acceptors (Lipinski definition) is 3. The Kier molecular flexibility index (Phi) is 4.76. The van der Waals surface area contributed by atoms with Crippen molar-refractivity contribution < 1.29 is 13.9 Å². The summed E-state index contributed by atoms with van der Waals surface area (Å²) < 4.78 is 18.7. The lowest BCUT2D eigenvalue weighted by molar-refractivity contribution is -0.118. The molecule has 6 heteroatoms. The van der Waals surface area contributed by atoms with E-state index in [1.54, 1.807) is 12.3 Å². The standard InChI is InChI=1S/C17H16ClFN2O2/c18-13-9-11(5-6-14(13)19)21-17(22)10-23-16-7-8-20-15-4-2-1-3-12(15)16/h5-9H,1-4,10H2,(H,21,22). The van der Waals surface area contributed by atoms with Gasteiger partial charge in [-0.2, -0.15) is 0 Å². The molecule has 0 unspecified atom stereocenters. The number of nitrogens with zero attached hydrogens (tertiary/aromatic N) is 1. The molecule has 1 heterocycles. The molecular formula is C17H16ClFN2O2. The first kappa shape index (κ1) is 15.7. The lowest BCUT2D eigenvalue weighted by Crippen LogP contribution is -2.21. The third kappa shape index (κ3) is 3.79. The first-order chi connectivity index (χ1) is 11.1. The van der Waals surface area contributed by atoms with Crippen molar-refractivity contribution in [2.45, 2.75) is 25.7 Å². The maximum absolute atomic E-state index is 13.1. The van der Waals surface area contributed by atoms with E-state index in [0.29, 0.717) is 11.4 Å². The molecule has 1 aromatic heterocycles. The van der Waals surface area contributed by atoms with Gasteiger partial charge in [-0.25, -0.2) is 4.39 Å². The summed E-state index contributed by atoms with van der Waals surface area (Å²) in [5.41, 5.74) is 2.58. The van der Waals surface area contributed by atoms with Crippen LogP contribution in [0.5, 0.6) is 5.75 Å². The fourth-order valence-electron chi connectivity index (χ4n) is 2.64. The Balaban J connectivity index is 1.62. The van der Waals surface area contributed by atoms with Gasteiger partial charge in [-0.1, -0.05) is 11.6 Å². The van der Waals surface area contributed by atoms with Crippen molar-refractivity contribution in [3.63, 3.8) is 0 Å². The summed E-state index contributed by atoms with van der Waals surface area (Å²) in [7, 11) is 0. The number of carbonyl (C=O) groups excluding carboxylic acids is 1. The van der Waals surface area contributed by atoms with Crippen LogP contribution < -0.4 is 10.1 Å². The van der Waals surface area contributed by atoms with Crippen molar-refractivity contribution in [3.05, 3.63) is 52.6 Å². The van der Waals surface area contributed by atoms with Gasteiger partial charge in [-0.15, -0.1) is 0 Å². The summed E-state index contributed by atoms with van der Waals surface area (Å²) in [5.74, 6) is -0.139. The van der Waals surface area contributed by atoms with Gasteiger partial charge in [0.2, 0.25) is 0 Å². The summed E-state index contributed by atoms with van der Waals surface area (Å²) in [6, 6.07) is 5.81. The summed E-state index contributed by atoms with van der Waals surface area (Å²) in [4.78, 5) is 16.3. The van der Waals surface area contributed by atoms with E-state index in [2.05, 4.69) is 10.3 Å². The summed E-state index contributed by atoms with van der Waals surface area (Å²) in [5, 5.41) is 2.59. The predicted molar refractivity (Wildman–Crippen MR) is 86.4 cm³/mol. The normalized spacial score (nSPS) is 13.3. The number of nitrogens with one attached hydrogen (secondary N) is 1. The molecule has 1 amide bonds. The van der Waals surface area contributed by atoms with Crippen LogP contribution in [0.25, 0.3) is 0 Å². The summed E-state index contributed by atoms with van der Waals surface area (Å²) in [6.45, 7) is -0.120. The van der Waals surface area contributed by atoms with Crippen molar-refractivity contribution in [2.75, 3.05) is 11.9 Å². The zero-order valence-corrected chi connectivity index (χ0v) is 13.2. The van der Waals surface area contributed by atoms with Crippen LogP contribution in [0.3, 0.4) is 0 Å². The number of fused-ring (bicyclic) bond motifs is 1. The van der Waals surface area contributed by atoms with Crippen molar-refractivity contribution in [2.24, 2.45) is 0 Å². The van der Waals surface area contributed by atoms with E-state index in [1.165, 1.54) is 18.2 Å². The Morgan fingerprint density at radius 3 is 2.96 bits per heavy atom. The van der Waals surface area contributed by atoms with Gasteiger partial charge in [0.25, 0.3) is 5.91 Å². The molecule has 0 saturated carbocycles. The second-order valence-electron chi connectivity index (χ2n) is 5.41. The zero-order chi connectivity index (χ0) is 16.2. The van der Waals surface area contributed by atoms with Crippen LogP contribution in [0.15, 0.2) is 30.5 Å². The lowest BCUT2D eigenvalue weighted by Gasteiger charge is -2.18. The molecule has 1 aliphatic carbocycles. The van der Waals surface area contributed by atoms with Gasteiger partial charge in [-0.3, -0.25) is 9.78 Å². The molecule has 23 heavy (non-hydrogen) atoms. The molecule has 0 bridgehead atoms. The van der Waals surface area contributed by atoms with E-state index in [9.17, 15) is 9.18 Å². The number of aryl methyl sites for hydroxylation is 1. The Hall–Kier alpha value is -2.14. The first-order valence-electron chi connectivity index (χ1n) is 7.48. The number of carbonyl (C=O) groups is 1. The Bertz CT molecular complexity index is 737. The van der Waals surface area contributed by atoms with Gasteiger partial charge in [-0.05, 0) is 49.9 Å². The van der Waals surface area contributed by atoms with Crippen molar-refractivity contribution >= 4 is 23.2 Å². The van der Waals surface area contributed by atoms with Crippen molar-refractivity contribution in [1.29, 1.82) is 0 Å². The minimum Gasteiger partial charge on any atom is -0.483 e. The lowest BCUT2D eigenvalue weighted by atomic mass is 9.95. The molecule has 1 aromatic carbocycles. The highest BCUT2D eigenvalue weighted by Crippen LogP contribution is 2.28. The summed E-state index contributed by atoms with van der Waals surface area (Å²) in [6.07, 6.45) is 5.82. The number of hydrogen-bond donors (Lipinski definition) is 1. The number of rotatable bonds is 4. The van der Waals surface area contributed by atoms with E-state index < -0.39 is 5.82 Å². The Labute approximate surface area is 138 Å². The average Bonchev–Trinajstić information content (AvgIpc) is 2.56. The van der Waals surface area contributed by atoms with E-state index in [-0.39, 0.29) is 17.5 Å². The molecule has 0 atom stereocenters. The van der Waals surface area contributed by atoms with Crippen LogP contribution in [0, 0.1) is 5.82 Å². The van der Waals surface area contributed by atoms with Crippen molar-refractivity contribution in [3.8, 4) is 5.75 Å². The van der Waals surface area contributed by atoms with Crippen LogP contribution in [0.1, 0.15) is 24.1 Å². The van der Waals surface area contributed by atoms with Gasteiger partial charge in [0.1, 0.15) is 11.6 Å². The molecule has 0 aliphatic heterocycles. The fraction of sp³-hybridized carbons (Fsp3) is 0.294. The van der Waals surface area contributed by atoms with E-state index in [1.807, 2.05) is 0 Å². The number of amides is 1. The largest absolute Gasteiger partial charge is 0.483 e. The van der Waals surface area contributed by atoms with Crippen LogP contribution in [0.4, 0.5) is 10.1 Å². The van der Waals surface area contributed by atoms with Crippen LogP contribution >= 0.6 is 11.6 Å². The second-order valence-corrected chi connectivity index (χ2v) is 5.81. The fourth-order valence-corrected chi connectivity index (χ4v) is 2.82. The maximum Gasteiger partial charge on any atom is 0.262 e. The maximum atomic E-state index is 13.1. The third-order valence-corrected chi connectivity index (χ3v) is 4.04. The average molecular weight is 335 g/mol. The van der Waals surface area contributed by atoms with Gasteiger partial charge in [0, 0.05) is 23.1 Å². The Morgan fingerprint density at radius 2 is 2.13 bits per heavy atom. The van der Waals surface area contributed by atoms with Gasteiger partial charge in [0.15, 0.2) is 6.61 Å². The number of anilines is 1. The van der Waals surface area contributed by atoms with E-state index in [0.717, 1.165) is 36.9 Å². The molecule has 1 aliphatic rings. The van der Waals surface area contributed by atoms with Crippen molar-refractivity contribution in [1.82, 2.24) is 4.98 Å². The van der Waals surface area contributed by atoms with Crippen LogP contribution in [-0.2, 0) is 17.6 Å². The first-order valence-corrected chi connectivity index (χ1v) is 7.86. The monoisotopic (exact) mass is 334 g/mol. The SMILES string of the molecule is O=C(COc1ccnc2c1CCCC2)Nc1ccc(F)c(Cl)c1. The number of halogens is 2. The molecule has 1 N–H and O–H groups in total. The van der Waals surface area contributed by atoms with Crippen LogP contribution in [0.2, 0.25) is 5.02 Å². The second kappa shape index (κ2) is 6.96. The van der Waals surface area contributed by atoms with Gasteiger partial charge >= 0.3 is 0 Å². The van der Waals surface area contributed by atoms with Gasteiger partial charge in [0.05, 0.1) is 5.02 Å². The highest BCUT2D eigenvalue weighted by molar-refractivity contribution is 6.31. The van der Waals surface area contributed by atoms with Gasteiger partial charge < -0.3 is 10.1 Å². The number of benzene rings is 1. The Morgan fingerprint density at radius 1 is 1.30 bits per heavy atom. The van der Waals surface area contributed by atoms with E-state index in [4.69, 9.17) is 16.3 Å². The number of pyridine rings is 1. The molecule has 0 spiro atoms. The molecule has 120 valence electrons. The molecule has 0 saturated heterocycles. The molecule has 2 aromatic rings. The number of ether oxygens (including phenoxy) is 1. The number of aromatic nitrogens is 1. The summed E-state index contributed by atoms with van der Waals surface area (Å²) >= 11 is 5.69. The molecule has 0 fully saturated rings. The molecular weight excluding hydrogens is 319 g/mol. The highest BCUT2D eigenvalue weighted by atomic mass is 35.5. The quantitative estimate of drug-likeness (QED) is 0.926. The molecule has 4 nitrogen and oxygen atoms in total. The van der Waals surface area contributed by atoms with E-state index >= 15 is 0 Å². The highest BCUT2D eigenvalue weighted by Gasteiger charge is 2.16. The minimum atomic E-state index is -0.524. The third-order valence-electron chi connectivity index (χ3n) is 3.75. The topological polar surface area (TPSA) is 51.2 Å². The zero-order valence-electron chi connectivity index (χ0n) is 12.4. The predicted octanol–water partition coefficient (Wildman–Crippen LogP) is 3.77. The smallest absolute Gasteiger partial charge is 0.262 e.